The number of hydrogen-bond acceptors (Lipinski definition) is 4. The third kappa shape index (κ3) is 2.49. The van der Waals surface area contributed by atoms with E-state index in [1.165, 1.54) is 20.5 Å². The van der Waals surface area contributed by atoms with Crippen molar-refractivity contribution in [1.29, 1.82) is 0 Å². The second-order valence-electron chi connectivity index (χ2n) is 5.09. The Kier molecular flexibility index (Phi) is 3.59. The second kappa shape index (κ2) is 5.38. The van der Waals surface area contributed by atoms with Crippen LogP contribution in [-0.2, 0) is 6.54 Å². The summed E-state index contributed by atoms with van der Waals surface area (Å²) in [7, 11) is 0. The summed E-state index contributed by atoms with van der Waals surface area (Å²) < 4.78 is 6.57. The average Bonchev–Trinajstić information content (AvgIpc) is 2.99. The van der Waals surface area contributed by atoms with Crippen molar-refractivity contribution in [3.05, 3.63) is 52.2 Å². The molecule has 3 rings (SSSR count). The van der Waals surface area contributed by atoms with Gasteiger partial charge in [0, 0.05) is 27.7 Å². The Labute approximate surface area is 122 Å². The van der Waals surface area contributed by atoms with Crippen molar-refractivity contribution in [2.45, 2.75) is 33.4 Å². The summed E-state index contributed by atoms with van der Waals surface area (Å²) in [6, 6.07) is 11.0. The van der Waals surface area contributed by atoms with E-state index < -0.39 is 0 Å². The number of hydrogen-bond donors (Lipinski definition) is 1. The first-order chi connectivity index (χ1) is 9.65. The Morgan fingerprint density at radius 3 is 2.80 bits per heavy atom. The van der Waals surface area contributed by atoms with Crippen molar-refractivity contribution in [3.8, 4) is 0 Å². The highest BCUT2D eigenvalue weighted by Gasteiger charge is 2.16. The first kappa shape index (κ1) is 13.3. The molecule has 0 radical (unpaired) electrons. The Balaban J connectivity index is 1.73. The molecule has 104 valence electrons. The molecule has 1 atom stereocenters. The number of thiophene rings is 1. The van der Waals surface area contributed by atoms with Crippen molar-refractivity contribution in [2.75, 3.05) is 0 Å². The van der Waals surface area contributed by atoms with Gasteiger partial charge in [0.15, 0.2) is 0 Å². The summed E-state index contributed by atoms with van der Waals surface area (Å²) in [4.78, 5) is 1.35. The summed E-state index contributed by atoms with van der Waals surface area (Å²) in [6.07, 6.45) is 0. The molecule has 0 saturated heterocycles. The predicted molar refractivity (Wildman–Crippen MR) is 83.1 cm³/mol. The van der Waals surface area contributed by atoms with Gasteiger partial charge in [-0.1, -0.05) is 23.4 Å². The minimum absolute atomic E-state index is 0.242. The van der Waals surface area contributed by atoms with Crippen molar-refractivity contribution < 1.29 is 4.52 Å². The Bertz CT molecular complexity index is 676. The number of aryl methyl sites for hydroxylation is 2. The first-order valence-electron chi connectivity index (χ1n) is 6.79. The number of nitrogens with zero attached hydrogens (tertiary/aromatic N) is 1. The van der Waals surface area contributed by atoms with Gasteiger partial charge in [-0.05, 0) is 38.3 Å². The molecule has 0 aliphatic rings. The minimum Gasteiger partial charge on any atom is -0.361 e. The van der Waals surface area contributed by atoms with E-state index in [9.17, 15) is 0 Å². The molecule has 20 heavy (non-hydrogen) atoms. The molecular formula is C16H18N2OS. The molecular weight excluding hydrogens is 268 g/mol. The lowest BCUT2D eigenvalue weighted by Crippen LogP contribution is -2.18. The Morgan fingerprint density at radius 1 is 1.30 bits per heavy atom. The first-order valence-corrected chi connectivity index (χ1v) is 7.60. The molecule has 2 aromatic heterocycles. The minimum atomic E-state index is 0.242. The van der Waals surface area contributed by atoms with Gasteiger partial charge in [0.2, 0.25) is 0 Å². The summed E-state index contributed by atoms with van der Waals surface area (Å²) in [5.74, 6) is 0.902. The smallest absolute Gasteiger partial charge is 0.138 e. The van der Waals surface area contributed by atoms with Crippen molar-refractivity contribution in [1.82, 2.24) is 10.5 Å². The van der Waals surface area contributed by atoms with E-state index in [1.54, 1.807) is 0 Å². The molecule has 0 unspecified atom stereocenters. The zero-order chi connectivity index (χ0) is 14.1. The van der Waals surface area contributed by atoms with E-state index in [1.807, 2.05) is 25.2 Å². The van der Waals surface area contributed by atoms with Gasteiger partial charge < -0.3 is 9.84 Å². The van der Waals surface area contributed by atoms with Crippen LogP contribution < -0.4 is 5.32 Å². The van der Waals surface area contributed by atoms with Gasteiger partial charge in [-0.2, -0.15) is 0 Å². The maximum atomic E-state index is 5.23. The van der Waals surface area contributed by atoms with Gasteiger partial charge in [0.25, 0.3) is 0 Å². The van der Waals surface area contributed by atoms with Crippen LogP contribution in [-0.4, -0.2) is 5.16 Å². The van der Waals surface area contributed by atoms with Crippen molar-refractivity contribution >= 4 is 21.4 Å². The molecule has 0 aliphatic carbocycles. The molecule has 3 aromatic rings. The van der Waals surface area contributed by atoms with Crippen LogP contribution in [0.2, 0.25) is 0 Å². The van der Waals surface area contributed by atoms with Gasteiger partial charge in [-0.25, -0.2) is 0 Å². The van der Waals surface area contributed by atoms with E-state index in [0.29, 0.717) is 0 Å². The molecule has 3 nitrogen and oxygen atoms in total. The van der Waals surface area contributed by atoms with Crippen molar-refractivity contribution in [2.24, 2.45) is 0 Å². The molecule has 1 aromatic carbocycles. The van der Waals surface area contributed by atoms with E-state index in [2.05, 4.69) is 47.7 Å². The molecule has 4 heteroatoms. The van der Waals surface area contributed by atoms with Crippen LogP contribution in [0.4, 0.5) is 0 Å². The highest BCUT2D eigenvalue weighted by atomic mass is 32.1. The van der Waals surface area contributed by atoms with E-state index in [-0.39, 0.29) is 6.04 Å². The van der Waals surface area contributed by atoms with Crippen LogP contribution in [0, 0.1) is 13.8 Å². The second-order valence-corrected chi connectivity index (χ2v) is 6.26. The zero-order valence-electron chi connectivity index (χ0n) is 11.9. The third-order valence-corrected chi connectivity index (χ3v) is 4.70. The zero-order valence-corrected chi connectivity index (χ0v) is 12.8. The highest BCUT2D eigenvalue weighted by molar-refractivity contribution is 7.19. The highest BCUT2D eigenvalue weighted by Crippen LogP contribution is 2.26. The SMILES string of the molecule is Cc1noc(C)c1[C@@H](C)NCc1cc2ccccc2s1. The fraction of sp³-hybridized carbons (Fsp3) is 0.312. The average molecular weight is 286 g/mol. The number of fused-ring (bicyclic) bond motifs is 1. The maximum Gasteiger partial charge on any atom is 0.138 e. The lowest BCUT2D eigenvalue weighted by molar-refractivity contribution is 0.390. The molecule has 0 amide bonds. The van der Waals surface area contributed by atoms with E-state index in [4.69, 9.17) is 4.52 Å². The fourth-order valence-corrected chi connectivity index (χ4v) is 3.60. The summed E-state index contributed by atoms with van der Waals surface area (Å²) >= 11 is 1.84. The van der Waals surface area contributed by atoms with Crippen LogP contribution in [0.25, 0.3) is 10.1 Å². The van der Waals surface area contributed by atoms with Crippen LogP contribution in [0.15, 0.2) is 34.9 Å². The molecule has 1 N–H and O–H groups in total. The quantitative estimate of drug-likeness (QED) is 0.774. The normalized spacial score (nSPS) is 12.9. The Morgan fingerprint density at radius 2 is 2.10 bits per heavy atom. The molecule has 0 saturated carbocycles. The standard InChI is InChI=1S/C16H18N2OS/c1-10(16-11(2)18-19-12(16)3)17-9-14-8-13-6-4-5-7-15(13)20-14/h4-8,10,17H,9H2,1-3H3/t10-/m1/s1. The summed E-state index contributed by atoms with van der Waals surface area (Å²) in [5.41, 5.74) is 2.14. The van der Waals surface area contributed by atoms with Crippen LogP contribution in [0.5, 0.6) is 0 Å². The molecule has 0 aliphatic heterocycles. The lowest BCUT2D eigenvalue weighted by atomic mass is 10.1. The van der Waals surface area contributed by atoms with E-state index in [0.717, 1.165) is 18.0 Å². The molecule has 2 heterocycles. The van der Waals surface area contributed by atoms with Gasteiger partial charge in [-0.3, -0.25) is 0 Å². The molecule has 0 spiro atoms. The van der Waals surface area contributed by atoms with Crippen molar-refractivity contribution in [3.63, 3.8) is 0 Å². The lowest BCUT2D eigenvalue weighted by Gasteiger charge is -2.12. The predicted octanol–water partition coefficient (Wildman–Crippen LogP) is 4.36. The van der Waals surface area contributed by atoms with Gasteiger partial charge in [0.05, 0.1) is 5.69 Å². The molecule has 0 fully saturated rings. The largest absolute Gasteiger partial charge is 0.361 e. The number of nitrogens with one attached hydrogen (secondary N) is 1. The molecule has 0 bridgehead atoms. The summed E-state index contributed by atoms with van der Waals surface area (Å²) in [5, 5.41) is 8.89. The van der Waals surface area contributed by atoms with Gasteiger partial charge in [-0.15, -0.1) is 11.3 Å². The third-order valence-electron chi connectivity index (χ3n) is 3.58. The number of aromatic nitrogens is 1. The van der Waals surface area contributed by atoms with Crippen LogP contribution in [0.1, 0.15) is 34.9 Å². The Hall–Kier alpha value is -1.65. The monoisotopic (exact) mass is 286 g/mol. The van der Waals surface area contributed by atoms with E-state index >= 15 is 0 Å². The summed E-state index contributed by atoms with van der Waals surface area (Å²) in [6.45, 7) is 6.97. The number of benzene rings is 1. The number of rotatable bonds is 4. The van der Waals surface area contributed by atoms with Crippen LogP contribution >= 0.6 is 11.3 Å². The van der Waals surface area contributed by atoms with Gasteiger partial charge in [0.1, 0.15) is 5.76 Å². The maximum absolute atomic E-state index is 5.23. The van der Waals surface area contributed by atoms with Gasteiger partial charge >= 0.3 is 0 Å². The van der Waals surface area contributed by atoms with Crippen LogP contribution in [0.3, 0.4) is 0 Å². The fourth-order valence-electron chi connectivity index (χ4n) is 2.59. The topological polar surface area (TPSA) is 38.1 Å².